The second kappa shape index (κ2) is 6.48. The summed E-state index contributed by atoms with van der Waals surface area (Å²) in [5.74, 6) is 0.222. The molecule has 1 aromatic carbocycles. The molecule has 2 atom stereocenters. The molecule has 2 aliphatic rings. The van der Waals surface area contributed by atoms with E-state index in [0.29, 0.717) is 24.1 Å². The van der Waals surface area contributed by atoms with Gasteiger partial charge in [0.25, 0.3) is 0 Å². The summed E-state index contributed by atoms with van der Waals surface area (Å²) in [5.41, 5.74) is 0.423. The van der Waals surface area contributed by atoms with E-state index >= 15 is 0 Å². The van der Waals surface area contributed by atoms with Gasteiger partial charge in [0.1, 0.15) is 5.75 Å². The predicted octanol–water partition coefficient (Wildman–Crippen LogP) is 2.81. The van der Waals surface area contributed by atoms with Gasteiger partial charge in [-0.25, -0.2) is 4.79 Å². The zero-order valence-electron chi connectivity index (χ0n) is 12.3. The summed E-state index contributed by atoms with van der Waals surface area (Å²) in [4.78, 5) is 14.6. The second-order valence-corrected chi connectivity index (χ2v) is 6.15. The largest absolute Gasteiger partial charge is 0.508 e. The number of rotatable bonds is 3. The maximum atomic E-state index is 12.1. The quantitative estimate of drug-likeness (QED) is 0.869. The van der Waals surface area contributed by atoms with Crippen LogP contribution in [0.1, 0.15) is 42.5 Å². The molecule has 3 rings (SSSR count). The van der Waals surface area contributed by atoms with Gasteiger partial charge in [0.2, 0.25) is 0 Å². The highest BCUT2D eigenvalue weighted by molar-refractivity contribution is 5.89. The molecule has 0 radical (unpaired) electrons. The van der Waals surface area contributed by atoms with E-state index in [1.54, 1.807) is 18.2 Å². The van der Waals surface area contributed by atoms with Crippen molar-refractivity contribution < 1.29 is 14.6 Å². The third kappa shape index (κ3) is 3.38. The van der Waals surface area contributed by atoms with Gasteiger partial charge in [0.05, 0.1) is 12.2 Å². The monoisotopic (exact) mass is 289 g/mol. The zero-order valence-corrected chi connectivity index (χ0v) is 12.3. The fourth-order valence-electron chi connectivity index (χ4n) is 3.67. The number of phenolic OH excluding ortho intramolecular Hbond substituents is 1. The first kappa shape index (κ1) is 14.4. The summed E-state index contributed by atoms with van der Waals surface area (Å²) in [6.07, 6.45) is 6.16. The number of benzene rings is 1. The van der Waals surface area contributed by atoms with Gasteiger partial charge in [0, 0.05) is 12.0 Å². The van der Waals surface area contributed by atoms with Gasteiger partial charge in [-0.1, -0.05) is 12.5 Å². The van der Waals surface area contributed by atoms with Crippen LogP contribution in [-0.2, 0) is 4.74 Å². The fourth-order valence-corrected chi connectivity index (χ4v) is 3.67. The number of carbonyl (C=O) groups excluding carboxylic acids is 1. The molecule has 21 heavy (non-hydrogen) atoms. The van der Waals surface area contributed by atoms with E-state index in [0.717, 1.165) is 6.42 Å². The second-order valence-electron chi connectivity index (χ2n) is 6.15. The van der Waals surface area contributed by atoms with Gasteiger partial charge in [-0.3, -0.25) is 4.90 Å². The van der Waals surface area contributed by atoms with E-state index in [2.05, 4.69) is 4.90 Å². The van der Waals surface area contributed by atoms with Crippen molar-refractivity contribution in [2.24, 2.45) is 5.92 Å². The maximum absolute atomic E-state index is 12.1. The average Bonchev–Trinajstić information content (AvgIpc) is 2.52. The molecule has 2 saturated heterocycles. The van der Waals surface area contributed by atoms with Crippen molar-refractivity contribution in [3.8, 4) is 5.75 Å². The van der Waals surface area contributed by atoms with Gasteiger partial charge in [-0.05, 0) is 57.0 Å². The molecule has 0 amide bonds. The summed E-state index contributed by atoms with van der Waals surface area (Å²) in [5, 5.41) is 9.42. The summed E-state index contributed by atoms with van der Waals surface area (Å²) >= 11 is 0. The summed E-state index contributed by atoms with van der Waals surface area (Å²) in [6, 6.07) is 6.93. The molecule has 0 aromatic heterocycles. The molecule has 2 fully saturated rings. The van der Waals surface area contributed by atoms with Gasteiger partial charge >= 0.3 is 5.97 Å². The normalized spacial score (nSPS) is 26.1. The predicted molar refractivity (Wildman–Crippen MR) is 80.3 cm³/mol. The van der Waals surface area contributed by atoms with Crippen LogP contribution in [-0.4, -0.2) is 41.7 Å². The van der Waals surface area contributed by atoms with Crippen molar-refractivity contribution in [2.75, 3.05) is 19.7 Å². The van der Waals surface area contributed by atoms with Gasteiger partial charge < -0.3 is 9.84 Å². The Kier molecular flexibility index (Phi) is 4.44. The van der Waals surface area contributed by atoms with Gasteiger partial charge in [-0.15, -0.1) is 0 Å². The molecule has 114 valence electrons. The number of carbonyl (C=O) groups is 1. The van der Waals surface area contributed by atoms with E-state index in [1.165, 1.54) is 44.8 Å². The van der Waals surface area contributed by atoms with Gasteiger partial charge in [-0.2, -0.15) is 0 Å². The molecule has 0 spiro atoms. The topological polar surface area (TPSA) is 49.8 Å². The number of phenols is 1. The Balaban J connectivity index is 1.57. The minimum Gasteiger partial charge on any atom is -0.508 e. The number of nitrogens with zero attached hydrogens (tertiary/aromatic N) is 1. The molecule has 1 N–H and O–H groups in total. The molecule has 0 bridgehead atoms. The van der Waals surface area contributed by atoms with Crippen LogP contribution in [0.3, 0.4) is 0 Å². The number of fused-ring (bicyclic) bond motifs is 1. The SMILES string of the molecule is O=C(OCC1CCCN2CCCCC12)c1cccc(O)c1. The lowest BCUT2D eigenvalue weighted by atomic mass is 9.84. The minimum absolute atomic E-state index is 0.0978. The average molecular weight is 289 g/mol. The van der Waals surface area contributed by atoms with Crippen molar-refractivity contribution in [2.45, 2.75) is 38.1 Å². The van der Waals surface area contributed by atoms with Crippen molar-refractivity contribution in [3.05, 3.63) is 29.8 Å². The standard InChI is InChI=1S/C17H23NO3/c19-15-7-3-5-13(11-15)17(20)21-12-14-6-4-10-18-9-2-1-8-16(14)18/h3,5,7,11,14,16,19H,1-2,4,6,8-10,12H2. The molecule has 4 heteroatoms. The molecular formula is C17H23NO3. The van der Waals surface area contributed by atoms with Crippen LogP contribution in [0.2, 0.25) is 0 Å². The van der Waals surface area contributed by atoms with Crippen LogP contribution >= 0.6 is 0 Å². The van der Waals surface area contributed by atoms with E-state index in [9.17, 15) is 9.90 Å². The molecule has 4 nitrogen and oxygen atoms in total. The Morgan fingerprint density at radius 3 is 2.95 bits per heavy atom. The third-order valence-electron chi connectivity index (χ3n) is 4.74. The molecule has 2 heterocycles. The molecule has 2 unspecified atom stereocenters. The minimum atomic E-state index is -0.334. The Morgan fingerprint density at radius 1 is 1.24 bits per heavy atom. The van der Waals surface area contributed by atoms with Crippen LogP contribution in [0.25, 0.3) is 0 Å². The smallest absolute Gasteiger partial charge is 0.338 e. The lowest BCUT2D eigenvalue weighted by molar-refractivity contribution is 0.00737. The van der Waals surface area contributed by atoms with Gasteiger partial charge in [0.15, 0.2) is 0 Å². The zero-order chi connectivity index (χ0) is 14.7. The van der Waals surface area contributed by atoms with Crippen LogP contribution < -0.4 is 0 Å². The maximum Gasteiger partial charge on any atom is 0.338 e. The van der Waals surface area contributed by atoms with Crippen LogP contribution in [0, 0.1) is 5.92 Å². The third-order valence-corrected chi connectivity index (χ3v) is 4.74. The molecule has 0 saturated carbocycles. The van der Waals surface area contributed by atoms with Crippen LogP contribution in [0.15, 0.2) is 24.3 Å². The van der Waals surface area contributed by atoms with Crippen molar-refractivity contribution >= 4 is 5.97 Å². The van der Waals surface area contributed by atoms with E-state index < -0.39 is 0 Å². The van der Waals surface area contributed by atoms with Crippen molar-refractivity contribution in [1.82, 2.24) is 4.90 Å². The molecule has 0 aliphatic carbocycles. The van der Waals surface area contributed by atoms with Crippen molar-refractivity contribution in [3.63, 3.8) is 0 Å². The number of ether oxygens (including phenoxy) is 1. The highest BCUT2D eigenvalue weighted by Crippen LogP contribution is 2.31. The lowest BCUT2D eigenvalue weighted by Gasteiger charge is -2.44. The Labute approximate surface area is 125 Å². The first-order valence-corrected chi connectivity index (χ1v) is 7.94. The first-order valence-electron chi connectivity index (χ1n) is 7.94. The van der Waals surface area contributed by atoms with Crippen LogP contribution in [0.5, 0.6) is 5.75 Å². The molecule has 2 aliphatic heterocycles. The Hall–Kier alpha value is -1.55. The number of hydrogen-bond donors (Lipinski definition) is 1. The Bertz CT molecular complexity index is 501. The number of esters is 1. The van der Waals surface area contributed by atoms with E-state index in [4.69, 9.17) is 4.74 Å². The number of piperidine rings is 2. The first-order chi connectivity index (χ1) is 10.2. The fraction of sp³-hybridized carbons (Fsp3) is 0.588. The number of aromatic hydroxyl groups is 1. The lowest BCUT2D eigenvalue weighted by Crippen LogP contribution is -2.49. The highest BCUT2D eigenvalue weighted by Gasteiger charge is 2.33. The van der Waals surface area contributed by atoms with Crippen molar-refractivity contribution in [1.29, 1.82) is 0 Å². The van der Waals surface area contributed by atoms with E-state index in [1.807, 2.05) is 0 Å². The Morgan fingerprint density at radius 2 is 2.10 bits per heavy atom. The summed E-state index contributed by atoms with van der Waals surface area (Å²) in [7, 11) is 0. The molecular weight excluding hydrogens is 266 g/mol. The highest BCUT2D eigenvalue weighted by atomic mass is 16.5. The summed E-state index contributed by atoms with van der Waals surface area (Å²) in [6.45, 7) is 2.89. The van der Waals surface area contributed by atoms with E-state index in [-0.39, 0.29) is 11.7 Å². The van der Waals surface area contributed by atoms with Crippen LogP contribution in [0.4, 0.5) is 0 Å². The molecule has 1 aromatic rings. The number of hydrogen-bond acceptors (Lipinski definition) is 4. The summed E-state index contributed by atoms with van der Waals surface area (Å²) < 4.78 is 5.49.